The second-order valence-corrected chi connectivity index (χ2v) is 6.42. The summed E-state index contributed by atoms with van der Waals surface area (Å²) in [5.74, 6) is 2.50. The molecule has 8 nitrogen and oxygen atoms in total. The molecule has 31 heavy (non-hydrogen) atoms. The fraction of sp³-hybridized carbons (Fsp3) is 0.0870. The molecule has 4 aromatic rings. The molecule has 2 aromatic carbocycles. The standard InChI is InChI=1S/C23H20N4O4/c1-29-19-6-2-3-7-20(19)30-15-22(28)26-17-8-10-18(11-9-17)31-23-14-21(24-16-25-23)27-12-4-5-13-27/h2-14,16H,15H2,1H3,(H,26,28). The normalized spacial score (nSPS) is 10.4. The molecule has 0 bridgehead atoms. The lowest BCUT2D eigenvalue weighted by molar-refractivity contribution is -0.118. The second kappa shape index (κ2) is 9.45. The highest BCUT2D eigenvalue weighted by molar-refractivity contribution is 5.91. The Morgan fingerprint density at radius 3 is 2.45 bits per heavy atom. The zero-order valence-corrected chi connectivity index (χ0v) is 16.8. The quantitative estimate of drug-likeness (QED) is 0.466. The van der Waals surface area contributed by atoms with Gasteiger partial charge in [0.05, 0.1) is 7.11 Å². The van der Waals surface area contributed by atoms with Gasteiger partial charge in [0.1, 0.15) is 17.9 Å². The van der Waals surface area contributed by atoms with E-state index >= 15 is 0 Å². The summed E-state index contributed by atoms with van der Waals surface area (Å²) in [6.45, 7) is -0.137. The van der Waals surface area contributed by atoms with Gasteiger partial charge < -0.3 is 24.1 Å². The summed E-state index contributed by atoms with van der Waals surface area (Å²) in [4.78, 5) is 20.5. The van der Waals surface area contributed by atoms with Gasteiger partial charge in [0.25, 0.3) is 5.91 Å². The molecule has 1 amide bonds. The number of hydrogen-bond donors (Lipinski definition) is 1. The minimum atomic E-state index is -0.285. The van der Waals surface area contributed by atoms with E-state index in [1.807, 2.05) is 41.2 Å². The van der Waals surface area contributed by atoms with Crippen LogP contribution in [-0.4, -0.2) is 34.2 Å². The van der Waals surface area contributed by atoms with Gasteiger partial charge in [0.2, 0.25) is 5.88 Å². The number of ether oxygens (including phenoxy) is 3. The lowest BCUT2D eigenvalue weighted by Crippen LogP contribution is -2.20. The maximum Gasteiger partial charge on any atom is 0.262 e. The molecule has 0 saturated heterocycles. The summed E-state index contributed by atoms with van der Waals surface area (Å²) < 4.78 is 18.4. The first-order valence-electron chi connectivity index (χ1n) is 9.50. The monoisotopic (exact) mass is 416 g/mol. The van der Waals surface area contributed by atoms with Crippen LogP contribution in [0.5, 0.6) is 23.1 Å². The zero-order chi connectivity index (χ0) is 21.5. The molecule has 0 unspecified atom stereocenters. The SMILES string of the molecule is COc1ccccc1OCC(=O)Nc1ccc(Oc2cc(-n3cccc3)ncn2)cc1. The van der Waals surface area contributed by atoms with Crippen LogP contribution in [0.4, 0.5) is 5.69 Å². The first kappa shape index (κ1) is 20.0. The van der Waals surface area contributed by atoms with Gasteiger partial charge in [0, 0.05) is 24.1 Å². The molecule has 0 aliphatic carbocycles. The molecular formula is C23H20N4O4. The fourth-order valence-electron chi connectivity index (χ4n) is 2.82. The molecule has 0 radical (unpaired) electrons. The third-order valence-corrected chi connectivity index (χ3v) is 4.28. The van der Waals surface area contributed by atoms with Gasteiger partial charge in [-0.25, -0.2) is 9.97 Å². The van der Waals surface area contributed by atoms with Crippen LogP contribution in [0.1, 0.15) is 0 Å². The van der Waals surface area contributed by atoms with Gasteiger partial charge in [-0.15, -0.1) is 0 Å². The van der Waals surface area contributed by atoms with Crippen LogP contribution >= 0.6 is 0 Å². The third-order valence-electron chi connectivity index (χ3n) is 4.28. The summed E-state index contributed by atoms with van der Waals surface area (Å²) in [7, 11) is 1.55. The van der Waals surface area contributed by atoms with Crippen molar-refractivity contribution in [1.29, 1.82) is 0 Å². The number of carbonyl (C=O) groups is 1. The number of nitrogens with one attached hydrogen (secondary N) is 1. The lowest BCUT2D eigenvalue weighted by Gasteiger charge is -2.11. The van der Waals surface area contributed by atoms with Crippen LogP contribution in [0, 0.1) is 0 Å². The van der Waals surface area contributed by atoms with E-state index in [0.717, 1.165) is 0 Å². The van der Waals surface area contributed by atoms with Crippen LogP contribution < -0.4 is 19.5 Å². The third kappa shape index (κ3) is 5.18. The summed E-state index contributed by atoms with van der Waals surface area (Å²) >= 11 is 0. The van der Waals surface area contributed by atoms with Crippen molar-refractivity contribution < 1.29 is 19.0 Å². The van der Waals surface area contributed by atoms with E-state index in [1.165, 1.54) is 6.33 Å². The molecule has 8 heteroatoms. The molecule has 0 aliphatic rings. The van der Waals surface area contributed by atoms with Crippen molar-refractivity contribution in [2.24, 2.45) is 0 Å². The molecule has 0 spiro atoms. The number of para-hydroxylation sites is 2. The van der Waals surface area contributed by atoms with E-state index in [2.05, 4.69) is 15.3 Å². The first-order valence-corrected chi connectivity index (χ1v) is 9.50. The van der Waals surface area contributed by atoms with Crippen molar-refractivity contribution in [3.8, 4) is 28.9 Å². The Morgan fingerprint density at radius 2 is 1.71 bits per heavy atom. The van der Waals surface area contributed by atoms with Crippen molar-refractivity contribution in [3.63, 3.8) is 0 Å². The Kier molecular flexibility index (Phi) is 6.08. The van der Waals surface area contributed by atoms with Gasteiger partial charge in [-0.1, -0.05) is 12.1 Å². The lowest BCUT2D eigenvalue weighted by atomic mass is 10.3. The summed E-state index contributed by atoms with van der Waals surface area (Å²) in [5, 5.41) is 2.78. The smallest absolute Gasteiger partial charge is 0.262 e. The molecule has 0 aliphatic heterocycles. The summed E-state index contributed by atoms with van der Waals surface area (Å²) in [5.41, 5.74) is 0.622. The Labute approximate surface area is 179 Å². The molecular weight excluding hydrogens is 396 g/mol. The highest BCUT2D eigenvalue weighted by Crippen LogP contribution is 2.26. The van der Waals surface area contributed by atoms with Crippen molar-refractivity contribution in [1.82, 2.24) is 14.5 Å². The highest BCUT2D eigenvalue weighted by atomic mass is 16.5. The van der Waals surface area contributed by atoms with Crippen LogP contribution in [-0.2, 0) is 4.79 Å². The number of anilines is 1. The van der Waals surface area contributed by atoms with Crippen LogP contribution in [0.25, 0.3) is 5.82 Å². The number of hydrogen-bond acceptors (Lipinski definition) is 6. The molecule has 0 saturated carbocycles. The highest BCUT2D eigenvalue weighted by Gasteiger charge is 2.08. The number of carbonyl (C=O) groups excluding carboxylic acids is 1. The Balaban J connectivity index is 1.33. The predicted molar refractivity (Wildman–Crippen MR) is 115 cm³/mol. The Hall–Kier alpha value is -4.33. The molecule has 0 atom stereocenters. The van der Waals surface area contributed by atoms with Crippen molar-refractivity contribution in [2.45, 2.75) is 0 Å². The van der Waals surface area contributed by atoms with Crippen LogP contribution in [0.3, 0.4) is 0 Å². The summed E-state index contributed by atoms with van der Waals surface area (Å²) in [6, 6.07) is 19.7. The Morgan fingerprint density at radius 1 is 0.968 bits per heavy atom. The minimum absolute atomic E-state index is 0.137. The topological polar surface area (TPSA) is 87.5 Å². The second-order valence-electron chi connectivity index (χ2n) is 6.42. The molecule has 2 aromatic heterocycles. The Bertz CT molecular complexity index is 1140. The van der Waals surface area contributed by atoms with Crippen molar-refractivity contribution in [2.75, 3.05) is 19.0 Å². The van der Waals surface area contributed by atoms with Gasteiger partial charge in [-0.3, -0.25) is 4.79 Å². The average Bonchev–Trinajstić information content (AvgIpc) is 3.34. The number of aromatic nitrogens is 3. The number of nitrogens with zero attached hydrogens (tertiary/aromatic N) is 3. The van der Waals surface area contributed by atoms with Gasteiger partial charge in [-0.2, -0.15) is 0 Å². The van der Waals surface area contributed by atoms with E-state index in [0.29, 0.717) is 34.6 Å². The van der Waals surface area contributed by atoms with Crippen LogP contribution in [0.15, 0.2) is 85.5 Å². The van der Waals surface area contributed by atoms with Gasteiger partial charge in [-0.05, 0) is 48.5 Å². The molecule has 0 fully saturated rings. The number of amides is 1. The number of methoxy groups -OCH3 is 1. The predicted octanol–water partition coefficient (Wildman–Crippen LogP) is 4.09. The summed E-state index contributed by atoms with van der Waals surface area (Å²) in [6.07, 6.45) is 5.23. The van der Waals surface area contributed by atoms with E-state index < -0.39 is 0 Å². The van der Waals surface area contributed by atoms with E-state index in [-0.39, 0.29) is 12.5 Å². The van der Waals surface area contributed by atoms with Crippen LogP contribution in [0.2, 0.25) is 0 Å². The first-order chi connectivity index (χ1) is 15.2. The molecule has 1 N–H and O–H groups in total. The minimum Gasteiger partial charge on any atom is -0.493 e. The van der Waals surface area contributed by atoms with E-state index in [4.69, 9.17) is 14.2 Å². The number of benzene rings is 2. The fourth-order valence-corrected chi connectivity index (χ4v) is 2.82. The van der Waals surface area contributed by atoms with E-state index in [1.54, 1.807) is 49.6 Å². The largest absolute Gasteiger partial charge is 0.493 e. The molecule has 4 rings (SSSR count). The maximum absolute atomic E-state index is 12.2. The zero-order valence-electron chi connectivity index (χ0n) is 16.8. The van der Waals surface area contributed by atoms with Crippen molar-refractivity contribution in [3.05, 3.63) is 85.5 Å². The molecule has 156 valence electrons. The van der Waals surface area contributed by atoms with E-state index in [9.17, 15) is 4.79 Å². The van der Waals surface area contributed by atoms with Gasteiger partial charge in [0.15, 0.2) is 18.1 Å². The maximum atomic E-state index is 12.2. The molecule has 2 heterocycles. The van der Waals surface area contributed by atoms with Crippen molar-refractivity contribution >= 4 is 11.6 Å². The van der Waals surface area contributed by atoms with Gasteiger partial charge >= 0.3 is 0 Å². The average molecular weight is 416 g/mol. The number of rotatable bonds is 8.